The van der Waals surface area contributed by atoms with Gasteiger partial charge in [-0.25, -0.2) is 4.98 Å². The van der Waals surface area contributed by atoms with Crippen molar-refractivity contribution in [3.8, 4) is 17.1 Å². The zero-order valence-electron chi connectivity index (χ0n) is 14.3. The normalized spacial score (nSPS) is 12.6. The minimum Gasteiger partial charge on any atom is -0.491 e. The van der Waals surface area contributed by atoms with Crippen molar-refractivity contribution in [2.75, 3.05) is 6.61 Å². The Balaban J connectivity index is 1.93. The number of aliphatic hydroxyl groups is 1. The summed E-state index contributed by atoms with van der Waals surface area (Å²) in [4.78, 5) is 4.59. The molecule has 6 nitrogen and oxygen atoms in total. The number of halogens is 1. The predicted octanol–water partition coefficient (Wildman–Crippen LogP) is 3.67. The lowest BCUT2D eigenvalue weighted by Gasteiger charge is -2.11. The molecule has 0 spiro atoms. The van der Waals surface area contributed by atoms with E-state index in [1.165, 1.54) is 0 Å². The second-order valence-electron chi connectivity index (χ2n) is 6.17. The molecule has 2 aromatic heterocycles. The van der Waals surface area contributed by atoms with E-state index in [4.69, 9.17) is 16.3 Å². The highest BCUT2D eigenvalue weighted by molar-refractivity contribution is 6.33. The molecule has 0 saturated heterocycles. The third-order valence-corrected chi connectivity index (χ3v) is 4.40. The second-order valence-corrected chi connectivity index (χ2v) is 6.58. The van der Waals surface area contributed by atoms with Crippen molar-refractivity contribution in [2.24, 2.45) is 0 Å². The summed E-state index contributed by atoms with van der Waals surface area (Å²) < 4.78 is 7.56. The molecule has 2 heterocycles. The zero-order valence-corrected chi connectivity index (χ0v) is 15.1. The summed E-state index contributed by atoms with van der Waals surface area (Å²) in [7, 11) is 0. The summed E-state index contributed by atoms with van der Waals surface area (Å²) in [6.07, 6.45) is -0.555. The first kappa shape index (κ1) is 16.8. The number of fused-ring (bicyclic) bond motifs is 3. The van der Waals surface area contributed by atoms with Crippen LogP contribution in [-0.4, -0.2) is 37.4 Å². The average molecular weight is 369 g/mol. The van der Waals surface area contributed by atoms with Crippen molar-refractivity contribution in [1.29, 1.82) is 0 Å². The van der Waals surface area contributed by atoms with Gasteiger partial charge in [0, 0.05) is 5.56 Å². The van der Waals surface area contributed by atoms with E-state index in [-0.39, 0.29) is 6.61 Å². The molecule has 0 unspecified atom stereocenters. The van der Waals surface area contributed by atoms with Gasteiger partial charge in [0.05, 0.1) is 27.9 Å². The van der Waals surface area contributed by atoms with E-state index in [1.54, 1.807) is 19.1 Å². The third-order valence-electron chi connectivity index (χ3n) is 4.07. The maximum atomic E-state index is 9.43. The van der Waals surface area contributed by atoms with Crippen LogP contribution in [0.1, 0.15) is 12.6 Å². The monoisotopic (exact) mass is 368 g/mol. The molecule has 7 heteroatoms. The SMILES string of the molecule is Cc1nc2ccccc2n2c(-c3cc(OC[C@@H](C)O)ccc3Cl)nnc12. The van der Waals surface area contributed by atoms with Gasteiger partial charge in [0.1, 0.15) is 12.4 Å². The van der Waals surface area contributed by atoms with Gasteiger partial charge in [-0.3, -0.25) is 4.40 Å². The third kappa shape index (κ3) is 2.87. The maximum Gasteiger partial charge on any atom is 0.183 e. The number of para-hydroxylation sites is 2. The smallest absolute Gasteiger partial charge is 0.183 e. The van der Waals surface area contributed by atoms with Gasteiger partial charge in [-0.1, -0.05) is 23.7 Å². The van der Waals surface area contributed by atoms with Crippen LogP contribution in [0.3, 0.4) is 0 Å². The molecule has 0 fully saturated rings. The quantitative estimate of drug-likeness (QED) is 0.595. The van der Waals surface area contributed by atoms with Crippen molar-refractivity contribution in [2.45, 2.75) is 20.0 Å². The summed E-state index contributed by atoms with van der Waals surface area (Å²) >= 11 is 6.44. The lowest BCUT2D eigenvalue weighted by molar-refractivity contribution is 0.123. The molecule has 26 heavy (non-hydrogen) atoms. The highest BCUT2D eigenvalue weighted by Crippen LogP contribution is 2.32. The maximum absolute atomic E-state index is 9.43. The fourth-order valence-electron chi connectivity index (χ4n) is 2.88. The topological polar surface area (TPSA) is 72.5 Å². The molecule has 2 aromatic carbocycles. The number of hydrogen-bond donors (Lipinski definition) is 1. The average Bonchev–Trinajstić information content (AvgIpc) is 3.07. The molecule has 0 radical (unpaired) electrons. The number of ether oxygens (including phenoxy) is 1. The molecule has 0 aliphatic carbocycles. The van der Waals surface area contributed by atoms with Gasteiger partial charge >= 0.3 is 0 Å². The van der Waals surface area contributed by atoms with Crippen LogP contribution in [-0.2, 0) is 0 Å². The van der Waals surface area contributed by atoms with Crippen LogP contribution in [0, 0.1) is 6.92 Å². The molecule has 1 N–H and O–H groups in total. The van der Waals surface area contributed by atoms with E-state index < -0.39 is 6.10 Å². The van der Waals surface area contributed by atoms with Crippen molar-refractivity contribution < 1.29 is 9.84 Å². The lowest BCUT2D eigenvalue weighted by atomic mass is 10.2. The minimum atomic E-state index is -0.555. The summed E-state index contributed by atoms with van der Waals surface area (Å²) in [6.45, 7) is 3.78. The number of aliphatic hydroxyl groups excluding tert-OH is 1. The number of aryl methyl sites for hydroxylation is 1. The van der Waals surface area contributed by atoms with Gasteiger partial charge in [-0.15, -0.1) is 10.2 Å². The van der Waals surface area contributed by atoms with Crippen LogP contribution in [0.4, 0.5) is 0 Å². The van der Waals surface area contributed by atoms with E-state index in [0.29, 0.717) is 27.8 Å². The molecule has 4 rings (SSSR count). The van der Waals surface area contributed by atoms with Crippen LogP contribution in [0.2, 0.25) is 5.02 Å². The van der Waals surface area contributed by atoms with Crippen LogP contribution >= 0.6 is 11.6 Å². The van der Waals surface area contributed by atoms with Crippen LogP contribution in [0.5, 0.6) is 5.75 Å². The Morgan fingerprint density at radius 3 is 2.81 bits per heavy atom. The lowest BCUT2D eigenvalue weighted by Crippen LogP contribution is -2.12. The fraction of sp³-hybridized carbons (Fsp3) is 0.211. The molecular weight excluding hydrogens is 352 g/mol. The van der Waals surface area contributed by atoms with Crippen molar-refractivity contribution >= 4 is 28.3 Å². The van der Waals surface area contributed by atoms with Gasteiger partial charge in [-0.05, 0) is 44.2 Å². The predicted molar refractivity (Wildman–Crippen MR) is 101 cm³/mol. The molecule has 0 bridgehead atoms. The highest BCUT2D eigenvalue weighted by atomic mass is 35.5. The Morgan fingerprint density at radius 1 is 1.19 bits per heavy atom. The first-order chi connectivity index (χ1) is 12.5. The molecule has 0 amide bonds. The van der Waals surface area contributed by atoms with Crippen LogP contribution < -0.4 is 4.74 Å². The first-order valence-corrected chi connectivity index (χ1v) is 8.63. The van der Waals surface area contributed by atoms with E-state index in [2.05, 4.69) is 15.2 Å². The molecule has 1 atom stereocenters. The van der Waals surface area contributed by atoms with Crippen LogP contribution in [0.15, 0.2) is 42.5 Å². The Bertz CT molecular complexity index is 1110. The Labute approximate surface area is 155 Å². The molecule has 0 aliphatic heterocycles. The standard InChI is InChI=1S/C19H17ClN4O2/c1-11(25)10-26-13-7-8-15(20)14(9-13)19-23-22-18-12(2)21-16-5-3-4-6-17(16)24(18)19/h3-9,11,25H,10H2,1-2H3/t11-/m1/s1. The van der Waals surface area contributed by atoms with Gasteiger partial charge in [-0.2, -0.15) is 0 Å². The number of hydrogen-bond acceptors (Lipinski definition) is 5. The molecule has 4 aromatic rings. The van der Waals surface area contributed by atoms with Gasteiger partial charge in [0.25, 0.3) is 0 Å². The van der Waals surface area contributed by atoms with Crippen molar-refractivity contribution in [1.82, 2.24) is 19.6 Å². The van der Waals surface area contributed by atoms with Gasteiger partial charge < -0.3 is 9.84 Å². The Hall–Kier alpha value is -2.70. The van der Waals surface area contributed by atoms with E-state index in [0.717, 1.165) is 16.7 Å². The molecule has 0 saturated carbocycles. The van der Waals surface area contributed by atoms with Crippen molar-refractivity contribution in [3.63, 3.8) is 0 Å². The summed E-state index contributed by atoms with van der Waals surface area (Å²) in [5, 5.41) is 18.6. The number of benzene rings is 2. The van der Waals surface area contributed by atoms with E-state index in [9.17, 15) is 5.11 Å². The van der Waals surface area contributed by atoms with Crippen molar-refractivity contribution in [3.05, 3.63) is 53.2 Å². The zero-order chi connectivity index (χ0) is 18.3. The van der Waals surface area contributed by atoms with E-state index >= 15 is 0 Å². The second kappa shape index (κ2) is 6.55. The summed E-state index contributed by atoms with van der Waals surface area (Å²) in [6, 6.07) is 13.2. The largest absolute Gasteiger partial charge is 0.491 e. The summed E-state index contributed by atoms with van der Waals surface area (Å²) in [5.74, 6) is 1.23. The highest BCUT2D eigenvalue weighted by Gasteiger charge is 2.17. The van der Waals surface area contributed by atoms with E-state index in [1.807, 2.05) is 41.7 Å². The molecule has 0 aliphatic rings. The van der Waals surface area contributed by atoms with Gasteiger partial charge in [0.15, 0.2) is 11.5 Å². The number of rotatable bonds is 4. The molecule has 132 valence electrons. The number of nitrogens with zero attached hydrogens (tertiary/aromatic N) is 4. The Morgan fingerprint density at radius 2 is 2.00 bits per heavy atom. The van der Waals surface area contributed by atoms with Crippen LogP contribution in [0.25, 0.3) is 28.1 Å². The first-order valence-electron chi connectivity index (χ1n) is 8.26. The minimum absolute atomic E-state index is 0.202. The number of aromatic nitrogens is 4. The summed E-state index contributed by atoms with van der Waals surface area (Å²) in [5.41, 5.74) is 3.94. The van der Waals surface area contributed by atoms with Gasteiger partial charge in [0.2, 0.25) is 0 Å². The molecular formula is C19H17ClN4O2. The Kier molecular flexibility index (Phi) is 4.22. The fourth-order valence-corrected chi connectivity index (χ4v) is 3.08.